The van der Waals surface area contributed by atoms with Gasteiger partial charge in [-0.25, -0.2) is 0 Å². The van der Waals surface area contributed by atoms with E-state index in [1.54, 1.807) is 0 Å². The van der Waals surface area contributed by atoms with Crippen LogP contribution in [0.4, 0.5) is 0 Å². The molecule has 0 bridgehead atoms. The van der Waals surface area contributed by atoms with Crippen molar-refractivity contribution in [1.82, 2.24) is 4.90 Å². The maximum Gasteiger partial charge on any atom is 0.0964 e. The van der Waals surface area contributed by atoms with Crippen LogP contribution in [0.25, 0.3) is 0 Å². The van der Waals surface area contributed by atoms with Crippen molar-refractivity contribution in [2.24, 2.45) is 5.41 Å². The van der Waals surface area contributed by atoms with Crippen molar-refractivity contribution >= 4 is 0 Å². The number of hydrogen-bond donors (Lipinski definition) is 0. The first kappa shape index (κ1) is 9.47. The minimum Gasteiger partial charge on any atom is -0.371 e. The number of ether oxygens (including phenoxy) is 1. The highest BCUT2D eigenvalue weighted by Gasteiger charge is 2.42. The lowest BCUT2D eigenvalue weighted by Crippen LogP contribution is -2.46. The van der Waals surface area contributed by atoms with Gasteiger partial charge in [0.1, 0.15) is 0 Å². The molecule has 0 radical (unpaired) electrons. The summed E-state index contributed by atoms with van der Waals surface area (Å²) in [7, 11) is 2.24. The largest absolute Gasteiger partial charge is 0.371 e. The van der Waals surface area contributed by atoms with Crippen molar-refractivity contribution in [3.05, 3.63) is 0 Å². The molecule has 2 saturated heterocycles. The fraction of sp³-hybridized carbons (Fsp3) is 1.00. The fourth-order valence-corrected chi connectivity index (χ4v) is 2.39. The molecule has 2 fully saturated rings. The van der Waals surface area contributed by atoms with Crippen molar-refractivity contribution in [2.45, 2.75) is 45.3 Å². The van der Waals surface area contributed by atoms with Gasteiger partial charge in [0, 0.05) is 6.04 Å². The van der Waals surface area contributed by atoms with Gasteiger partial charge >= 0.3 is 0 Å². The summed E-state index contributed by atoms with van der Waals surface area (Å²) in [6.45, 7) is 6.98. The molecule has 76 valence electrons. The number of rotatable bonds is 2. The molecular weight excluding hydrogens is 162 g/mol. The van der Waals surface area contributed by atoms with Gasteiger partial charge in [0.15, 0.2) is 0 Å². The lowest BCUT2D eigenvalue weighted by molar-refractivity contribution is 0.0606. The third-order valence-corrected chi connectivity index (χ3v) is 3.98. The van der Waals surface area contributed by atoms with Crippen molar-refractivity contribution in [3.8, 4) is 0 Å². The van der Waals surface area contributed by atoms with Gasteiger partial charge < -0.3 is 9.64 Å². The Balaban J connectivity index is 2.00. The van der Waals surface area contributed by atoms with E-state index in [0.29, 0.717) is 17.6 Å². The molecule has 2 aliphatic rings. The van der Waals surface area contributed by atoms with E-state index in [1.165, 1.54) is 25.8 Å². The molecule has 0 aromatic heterocycles. The number of likely N-dealkylation sites (tertiary alicyclic amines) is 1. The number of epoxide rings is 1. The molecule has 0 aliphatic carbocycles. The van der Waals surface area contributed by atoms with Crippen LogP contribution in [0, 0.1) is 5.41 Å². The summed E-state index contributed by atoms with van der Waals surface area (Å²) in [6.07, 6.45) is 4.54. The molecule has 0 amide bonds. The number of likely N-dealkylation sites (N-methyl/N-ethyl adjacent to an activating group) is 1. The second kappa shape index (κ2) is 3.25. The van der Waals surface area contributed by atoms with E-state index in [-0.39, 0.29) is 0 Å². The van der Waals surface area contributed by atoms with Crippen LogP contribution >= 0.6 is 0 Å². The Bertz CT molecular complexity index is 191. The smallest absolute Gasteiger partial charge is 0.0964 e. The molecule has 3 unspecified atom stereocenters. The summed E-state index contributed by atoms with van der Waals surface area (Å²) < 4.78 is 5.41. The first-order chi connectivity index (χ1) is 6.14. The Hall–Kier alpha value is -0.0800. The van der Waals surface area contributed by atoms with Gasteiger partial charge in [-0.15, -0.1) is 0 Å². The number of hydrogen-bond acceptors (Lipinski definition) is 2. The highest BCUT2D eigenvalue weighted by atomic mass is 16.6. The van der Waals surface area contributed by atoms with E-state index in [4.69, 9.17) is 4.74 Å². The third-order valence-electron chi connectivity index (χ3n) is 3.98. The second-order valence-electron chi connectivity index (χ2n) is 5.04. The summed E-state index contributed by atoms with van der Waals surface area (Å²) in [5.41, 5.74) is 0.573. The Morgan fingerprint density at radius 2 is 2.23 bits per heavy atom. The zero-order chi connectivity index (χ0) is 9.47. The van der Waals surface area contributed by atoms with Crippen LogP contribution < -0.4 is 0 Å². The normalized spacial score (nSPS) is 46.4. The van der Waals surface area contributed by atoms with Crippen LogP contribution in [0.3, 0.4) is 0 Å². The minimum atomic E-state index is 0.552. The molecule has 3 atom stereocenters. The maximum atomic E-state index is 5.41. The van der Waals surface area contributed by atoms with Crippen molar-refractivity contribution < 1.29 is 4.74 Å². The Kier molecular flexibility index (Phi) is 2.37. The van der Waals surface area contributed by atoms with Gasteiger partial charge in [-0.2, -0.15) is 0 Å². The van der Waals surface area contributed by atoms with E-state index in [0.717, 1.165) is 6.61 Å². The molecule has 13 heavy (non-hydrogen) atoms. The summed E-state index contributed by atoms with van der Waals surface area (Å²) in [4.78, 5) is 2.48. The van der Waals surface area contributed by atoms with Crippen LogP contribution in [0.5, 0.6) is 0 Å². The van der Waals surface area contributed by atoms with E-state index < -0.39 is 0 Å². The van der Waals surface area contributed by atoms with Crippen LogP contribution in [-0.2, 0) is 4.74 Å². The van der Waals surface area contributed by atoms with E-state index >= 15 is 0 Å². The van der Waals surface area contributed by atoms with Crippen molar-refractivity contribution in [2.75, 3.05) is 20.2 Å². The molecule has 0 spiro atoms. The molecular formula is C11H21NO. The summed E-state index contributed by atoms with van der Waals surface area (Å²) in [5, 5.41) is 0. The lowest BCUT2D eigenvalue weighted by Gasteiger charge is -2.42. The quantitative estimate of drug-likeness (QED) is 0.608. The fourth-order valence-electron chi connectivity index (χ4n) is 2.39. The van der Waals surface area contributed by atoms with E-state index in [1.807, 2.05) is 0 Å². The van der Waals surface area contributed by atoms with Gasteiger partial charge in [0.2, 0.25) is 0 Å². The number of nitrogens with zero attached hydrogens (tertiary/aromatic N) is 1. The molecule has 0 aromatic rings. The van der Waals surface area contributed by atoms with Gasteiger partial charge in [-0.1, -0.05) is 20.3 Å². The molecule has 2 heteroatoms. The van der Waals surface area contributed by atoms with Gasteiger partial charge in [-0.05, 0) is 31.8 Å². The first-order valence-electron chi connectivity index (χ1n) is 5.46. The highest BCUT2D eigenvalue weighted by Crippen LogP contribution is 2.39. The molecule has 0 aromatic carbocycles. The molecule has 2 aliphatic heterocycles. The zero-order valence-corrected chi connectivity index (χ0v) is 9.05. The molecule has 2 rings (SSSR count). The van der Waals surface area contributed by atoms with Gasteiger partial charge in [0.05, 0.1) is 12.7 Å². The van der Waals surface area contributed by atoms with Crippen LogP contribution in [0.15, 0.2) is 0 Å². The average molecular weight is 183 g/mol. The molecule has 0 saturated carbocycles. The van der Waals surface area contributed by atoms with Gasteiger partial charge in [-0.3, -0.25) is 0 Å². The Morgan fingerprint density at radius 1 is 1.54 bits per heavy atom. The van der Waals surface area contributed by atoms with Crippen LogP contribution in [0.2, 0.25) is 0 Å². The molecule has 2 nitrogen and oxygen atoms in total. The summed E-state index contributed by atoms with van der Waals surface area (Å²) >= 11 is 0. The Morgan fingerprint density at radius 3 is 2.77 bits per heavy atom. The van der Waals surface area contributed by atoms with E-state index in [2.05, 4.69) is 25.8 Å². The minimum absolute atomic E-state index is 0.552. The standard InChI is InChI=1S/C11H21NO/c1-4-11(2)5-6-12(3)9(7-11)10-8-13-10/h9-10H,4-8H2,1-3H3. The zero-order valence-electron chi connectivity index (χ0n) is 9.05. The average Bonchev–Trinajstić information content (AvgIpc) is 2.93. The monoisotopic (exact) mass is 183 g/mol. The highest BCUT2D eigenvalue weighted by molar-refractivity contribution is 4.94. The SMILES string of the molecule is CCC1(C)CCN(C)C(C2CO2)C1. The predicted molar refractivity (Wildman–Crippen MR) is 53.8 cm³/mol. The summed E-state index contributed by atoms with van der Waals surface area (Å²) in [5.74, 6) is 0. The second-order valence-corrected chi connectivity index (χ2v) is 5.04. The molecule has 2 heterocycles. The lowest BCUT2D eigenvalue weighted by atomic mass is 9.74. The van der Waals surface area contributed by atoms with Crippen molar-refractivity contribution in [1.29, 1.82) is 0 Å². The topological polar surface area (TPSA) is 15.8 Å². The third kappa shape index (κ3) is 1.89. The van der Waals surface area contributed by atoms with E-state index in [9.17, 15) is 0 Å². The Labute approximate surface area is 81.3 Å². The first-order valence-corrected chi connectivity index (χ1v) is 5.46. The number of piperidine rings is 1. The summed E-state index contributed by atoms with van der Waals surface area (Å²) in [6, 6.07) is 0.693. The van der Waals surface area contributed by atoms with Crippen molar-refractivity contribution in [3.63, 3.8) is 0 Å². The predicted octanol–water partition coefficient (Wildman–Crippen LogP) is 1.90. The van der Waals surface area contributed by atoms with Gasteiger partial charge in [0.25, 0.3) is 0 Å². The van der Waals surface area contributed by atoms with Crippen LogP contribution in [-0.4, -0.2) is 37.2 Å². The van der Waals surface area contributed by atoms with Crippen LogP contribution in [0.1, 0.15) is 33.1 Å². The molecule has 0 N–H and O–H groups in total. The maximum absolute atomic E-state index is 5.41.